The Bertz CT molecular complexity index is 217. The van der Waals surface area contributed by atoms with Gasteiger partial charge in [-0.3, -0.25) is 0 Å². The minimum absolute atomic E-state index is 0. The standard InChI is InChI=1S/C6H5NO2.K.H/c8-6(9)5-3-1-2-4-7-5;;/h1-4H,(H,8,9);;/q;+1;-1. The Morgan fingerprint density at radius 3 is 2.60 bits per heavy atom. The second-order valence-electron chi connectivity index (χ2n) is 1.52. The molecule has 0 atom stereocenters. The minimum Gasteiger partial charge on any atom is -1.00 e. The van der Waals surface area contributed by atoms with Gasteiger partial charge in [-0.15, -0.1) is 0 Å². The molecule has 0 saturated carbocycles. The number of aromatic nitrogens is 1. The van der Waals surface area contributed by atoms with Crippen molar-refractivity contribution in [2.75, 3.05) is 0 Å². The van der Waals surface area contributed by atoms with Gasteiger partial charge in [0.2, 0.25) is 0 Å². The van der Waals surface area contributed by atoms with E-state index in [9.17, 15) is 4.79 Å². The summed E-state index contributed by atoms with van der Waals surface area (Å²) in [6.07, 6.45) is 1.45. The van der Waals surface area contributed by atoms with Crippen molar-refractivity contribution in [2.45, 2.75) is 0 Å². The normalized spacial score (nSPS) is 8.00. The van der Waals surface area contributed by atoms with E-state index in [0.29, 0.717) is 0 Å². The van der Waals surface area contributed by atoms with Crippen LogP contribution in [0.2, 0.25) is 0 Å². The summed E-state index contributed by atoms with van der Waals surface area (Å²) in [6.45, 7) is 0. The van der Waals surface area contributed by atoms with Crippen LogP contribution in [0.3, 0.4) is 0 Å². The summed E-state index contributed by atoms with van der Waals surface area (Å²) in [5.41, 5.74) is 0.0810. The van der Waals surface area contributed by atoms with Crippen molar-refractivity contribution in [3.05, 3.63) is 30.1 Å². The van der Waals surface area contributed by atoms with Crippen LogP contribution in [-0.4, -0.2) is 16.1 Å². The van der Waals surface area contributed by atoms with Crippen LogP contribution in [0.5, 0.6) is 0 Å². The van der Waals surface area contributed by atoms with E-state index < -0.39 is 5.97 Å². The van der Waals surface area contributed by atoms with Gasteiger partial charge in [-0.1, -0.05) is 6.07 Å². The van der Waals surface area contributed by atoms with E-state index in [4.69, 9.17) is 5.11 Å². The molecule has 1 heterocycles. The number of carboxylic acid groups (broad SMARTS) is 1. The summed E-state index contributed by atoms with van der Waals surface area (Å²) >= 11 is 0. The molecule has 0 saturated heterocycles. The van der Waals surface area contributed by atoms with Crippen LogP contribution in [0.25, 0.3) is 0 Å². The van der Waals surface area contributed by atoms with E-state index >= 15 is 0 Å². The zero-order valence-corrected chi connectivity index (χ0v) is 8.74. The Morgan fingerprint density at radius 1 is 1.60 bits per heavy atom. The van der Waals surface area contributed by atoms with Gasteiger partial charge in [0.25, 0.3) is 0 Å². The van der Waals surface area contributed by atoms with Crippen molar-refractivity contribution in [3.63, 3.8) is 0 Å². The van der Waals surface area contributed by atoms with Crippen LogP contribution in [0, 0.1) is 0 Å². The Labute approximate surface area is 102 Å². The molecule has 10 heavy (non-hydrogen) atoms. The van der Waals surface area contributed by atoms with E-state index in [1.165, 1.54) is 12.3 Å². The molecular formula is C6H6KNO2. The summed E-state index contributed by atoms with van der Waals surface area (Å²) < 4.78 is 0. The van der Waals surface area contributed by atoms with Gasteiger partial charge in [0.1, 0.15) is 5.69 Å². The molecule has 0 aliphatic rings. The van der Waals surface area contributed by atoms with Crippen LogP contribution in [0.4, 0.5) is 0 Å². The predicted octanol–water partition coefficient (Wildman–Crippen LogP) is -2.10. The molecule has 1 N–H and O–H groups in total. The Kier molecular flexibility index (Phi) is 5.11. The number of carboxylic acids is 1. The first-order valence-electron chi connectivity index (χ1n) is 2.45. The molecule has 4 heteroatoms. The quantitative estimate of drug-likeness (QED) is 0.482. The first-order chi connectivity index (χ1) is 4.30. The molecule has 0 aliphatic carbocycles. The molecule has 48 valence electrons. The largest absolute Gasteiger partial charge is 1.00 e. The van der Waals surface area contributed by atoms with Crippen molar-refractivity contribution in [1.82, 2.24) is 4.98 Å². The van der Waals surface area contributed by atoms with E-state index in [1.54, 1.807) is 12.1 Å². The molecule has 0 radical (unpaired) electrons. The predicted molar refractivity (Wildman–Crippen MR) is 32.3 cm³/mol. The third-order valence-electron chi connectivity index (χ3n) is 0.884. The maximum Gasteiger partial charge on any atom is 1.00 e. The smallest absolute Gasteiger partial charge is 1.00 e. The topological polar surface area (TPSA) is 50.2 Å². The number of aromatic carboxylic acids is 1. The number of hydrogen-bond donors (Lipinski definition) is 1. The second kappa shape index (κ2) is 4.98. The Balaban J connectivity index is 0. The summed E-state index contributed by atoms with van der Waals surface area (Å²) in [7, 11) is 0. The third kappa shape index (κ3) is 2.89. The molecule has 0 unspecified atom stereocenters. The molecule has 0 aliphatic heterocycles. The molecule has 0 fully saturated rings. The fourth-order valence-electron chi connectivity index (χ4n) is 0.489. The summed E-state index contributed by atoms with van der Waals surface area (Å²) in [6, 6.07) is 4.76. The maximum atomic E-state index is 10.1. The summed E-state index contributed by atoms with van der Waals surface area (Å²) in [5.74, 6) is -0.990. The Hall–Kier alpha value is 0.256. The Morgan fingerprint density at radius 2 is 2.30 bits per heavy atom. The van der Waals surface area contributed by atoms with Crippen molar-refractivity contribution >= 4 is 5.97 Å². The van der Waals surface area contributed by atoms with Gasteiger partial charge in [-0.25, -0.2) is 9.78 Å². The van der Waals surface area contributed by atoms with Gasteiger partial charge >= 0.3 is 57.4 Å². The zero-order chi connectivity index (χ0) is 6.69. The van der Waals surface area contributed by atoms with Crippen LogP contribution in [-0.2, 0) is 0 Å². The average molecular weight is 163 g/mol. The van der Waals surface area contributed by atoms with Gasteiger partial charge in [0, 0.05) is 6.20 Å². The number of pyridine rings is 1. The summed E-state index contributed by atoms with van der Waals surface area (Å²) in [4.78, 5) is 13.7. The monoisotopic (exact) mass is 163 g/mol. The minimum atomic E-state index is -0.990. The molecule has 1 aromatic rings. The average Bonchev–Trinajstić information content (AvgIpc) is 1.90. The van der Waals surface area contributed by atoms with Crippen molar-refractivity contribution in [2.24, 2.45) is 0 Å². The molecular weight excluding hydrogens is 157 g/mol. The number of nitrogens with zero attached hydrogens (tertiary/aromatic N) is 1. The fourth-order valence-corrected chi connectivity index (χ4v) is 0.489. The molecule has 1 rings (SSSR count). The number of carbonyl (C=O) groups is 1. The van der Waals surface area contributed by atoms with Gasteiger partial charge in [-0.2, -0.15) is 0 Å². The van der Waals surface area contributed by atoms with Crippen LogP contribution in [0.15, 0.2) is 24.4 Å². The number of rotatable bonds is 1. The van der Waals surface area contributed by atoms with E-state index in [1.807, 2.05) is 0 Å². The first-order valence-corrected chi connectivity index (χ1v) is 2.45. The maximum absolute atomic E-state index is 10.1. The fraction of sp³-hybridized carbons (Fsp3) is 0. The van der Waals surface area contributed by atoms with Crippen molar-refractivity contribution in [1.29, 1.82) is 0 Å². The van der Waals surface area contributed by atoms with Crippen LogP contribution >= 0.6 is 0 Å². The van der Waals surface area contributed by atoms with Gasteiger partial charge in [-0.05, 0) is 12.1 Å². The third-order valence-corrected chi connectivity index (χ3v) is 0.884. The van der Waals surface area contributed by atoms with Crippen molar-refractivity contribution < 1.29 is 62.7 Å². The molecule has 0 bridgehead atoms. The molecule has 0 aromatic carbocycles. The second-order valence-corrected chi connectivity index (χ2v) is 1.52. The van der Waals surface area contributed by atoms with Crippen LogP contribution in [0.1, 0.15) is 11.9 Å². The zero-order valence-electron chi connectivity index (χ0n) is 6.61. The molecule has 3 nitrogen and oxygen atoms in total. The van der Waals surface area contributed by atoms with Crippen molar-refractivity contribution in [3.8, 4) is 0 Å². The molecule has 1 aromatic heterocycles. The first kappa shape index (κ1) is 10.3. The van der Waals surface area contributed by atoms with E-state index in [2.05, 4.69) is 4.98 Å². The number of hydrogen-bond acceptors (Lipinski definition) is 2. The van der Waals surface area contributed by atoms with Gasteiger partial charge in [0.15, 0.2) is 0 Å². The van der Waals surface area contributed by atoms with E-state index in [-0.39, 0.29) is 58.5 Å². The van der Waals surface area contributed by atoms with Crippen LogP contribution < -0.4 is 51.4 Å². The molecule has 0 spiro atoms. The van der Waals surface area contributed by atoms with Gasteiger partial charge in [0.05, 0.1) is 0 Å². The van der Waals surface area contributed by atoms with E-state index in [0.717, 1.165) is 0 Å². The summed E-state index contributed by atoms with van der Waals surface area (Å²) in [5, 5.41) is 8.32. The SMILES string of the molecule is O=C(O)c1ccccn1.[H-].[K+]. The molecule has 0 amide bonds. The van der Waals surface area contributed by atoms with Gasteiger partial charge < -0.3 is 6.53 Å².